The molecule has 0 aliphatic carbocycles. The van der Waals surface area contributed by atoms with E-state index in [2.05, 4.69) is 20.6 Å². The molecule has 3 rings (SSSR count). The van der Waals surface area contributed by atoms with Crippen LogP contribution in [0.4, 0.5) is 15.9 Å². The highest BCUT2D eigenvalue weighted by molar-refractivity contribution is 5.93. The van der Waals surface area contributed by atoms with Crippen LogP contribution in [-0.4, -0.2) is 15.9 Å². The smallest absolute Gasteiger partial charge is 0.270 e. The van der Waals surface area contributed by atoms with E-state index in [9.17, 15) is 9.18 Å². The number of nitrogens with zero attached hydrogens (tertiary/aromatic N) is 2. The second-order valence-electron chi connectivity index (χ2n) is 5.49. The molecule has 0 aliphatic rings. The molecule has 5 nitrogen and oxygen atoms in total. The van der Waals surface area contributed by atoms with Crippen LogP contribution < -0.4 is 10.6 Å². The zero-order chi connectivity index (χ0) is 17.6. The third-order valence-electron chi connectivity index (χ3n) is 3.46. The van der Waals surface area contributed by atoms with E-state index < -0.39 is 0 Å². The van der Waals surface area contributed by atoms with Crippen LogP contribution in [0, 0.1) is 12.7 Å². The van der Waals surface area contributed by atoms with Crippen LogP contribution in [0.3, 0.4) is 0 Å². The zero-order valence-corrected chi connectivity index (χ0v) is 13.7. The Bertz CT molecular complexity index is 884. The van der Waals surface area contributed by atoms with Crippen LogP contribution in [0.15, 0.2) is 60.7 Å². The SMILES string of the molecule is Cc1nc(Nc2cccc(F)c2)cc(C(=O)NCc2ccccc2)n1. The van der Waals surface area contributed by atoms with E-state index in [1.165, 1.54) is 18.2 Å². The van der Waals surface area contributed by atoms with Crippen LogP contribution in [0.5, 0.6) is 0 Å². The molecule has 1 amide bonds. The summed E-state index contributed by atoms with van der Waals surface area (Å²) >= 11 is 0. The lowest BCUT2D eigenvalue weighted by molar-refractivity contribution is 0.0945. The van der Waals surface area contributed by atoms with Crippen LogP contribution in [-0.2, 0) is 6.54 Å². The summed E-state index contributed by atoms with van der Waals surface area (Å²) in [6.07, 6.45) is 0. The Hall–Kier alpha value is -3.28. The van der Waals surface area contributed by atoms with Gasteiger partial charge in [-0.2, -0.15) is 0 Å². The van der Waals surface area contributed by atoms with Crippen molar-refractivity contribution < 1.29 is 9.18 Å². The average Bonchev–Trinajstić information content (AvgIpc) is 2.60. The maximum Gasteiger partial charge on any atom is 0.270 e. The normalized spacial score (nSPS) is 10.3. The Kier molecular flexibility index (Phi) is 4.99. The van der Waals surface area contributed by atoms with Gasteiger partial charge in [0.2, 0.25) is 0 Å². The number of halogens is 1. The second-order valence-corrected chi connectivity index (χ2v) is 5.49. The standard InChI is InChI=1S/C19H17FN4O/c1-13-22-17(19(25)21-12-14-6-3-2-4-7-14)11-18(23-13)24-16-9-5-8-15(20)10-16/h2-11H,12H2,1H3,(H,21,25)(H,22,23,24). The van der Waals surface area contributed by atoms with Gasteiger partial charge in [-0.05, 0) is 30.7 Å². The van der Waals surface area contributed by atoms with E-state index in [0.29, 0.717) is 23.9 Å². The fraction of sp³-hybridized carbons (Fsp3) is 0.105. The molecule has 1 heterocycles. The van der Waals surface area contributed by atoms with Gasteiger partial charge in [-0.1, -0.05) is 36.4 Å². The van der Waals surface area contributed by atoms with Crippen molar-refractivity contribution in [1.82, 2.24) is 15.3 Å². The number of aryl methyl sites for hydroxylation is 1. The lowest BCUT2D eigenvalue weighted by Gasteiger charge is -2.09. The molecule has 0 fully saturated rings. The molecule has 2 aromatic carbocycles. The summed E-state index contributed by atoms with van der Waals surface area (Å²) in [5, 5.41) is 5.81. The molecule has 25 heavy (non-hydrogen) atoms. The van der Waals surface area contributed by atoms with Crippen molar-refractivity contribution in [2.24, 2.45) is 0 Å². The summed E-state index contributed by atoms with van der Waals surface area (Å²) in [6.45, 7) is 2.11. The summed E-state index contributed by atoms with van der Waals surface area (Å²) in [6, 6.07) is 17.2. The number of aromatic nitrogens is 2. The topological polar surface area (TPSA) is 66.9 Å². The minimum atomic E-state index is -0.350. The first-order valence-corrected chi connectivity index (χ1v) is 7.80. The number of benzene rings is 2. The van der Waals surface area contributed by atoms with Gasteiger partial charge in [-0.25, -0.2) is 14.4 Å². The lowest BCUT2D eigenvalue weighted by atomic mass is 10.2. The highest BCUT2D eigenvalue weighted by Crippen LogP contribution is 2.16. The maximum absolute atomic E-state index is 13.3. The Morgan fingerprint density at radius 2 is 1.84 bits per heavy atom. The number of nitrogens with one attached hydrogen (secondary N) is 2. The largest absolute Gasteiger partial charge is 0.347 e. The van der Waals surface area contributed by atoms with Gasteiger partial charge in [0.15, 0.2) is 0 Å². The van der Waals surface area contributed by atoms with E-state index in [1.54, 1.807) is 19.1 Å². The third kappa shape index (κ3) is 4.60. The third-order valence-corrected chi connectivity index (χ3v) is 3.46. The van der Waals surface area contributed by atoms with Gasteiger partial charge in [-0.3, -0.25) is 4.79 Å². The van der Waals surface area contributed by atoms with Gasteiger partial charge in [0.1, 0.15) is 23.2 Å². The molecule has 0 unspecified atom stereocenters. The van der Waals surface area contributed by atoms with E-state index in [-0.39, 0.29) is 17.4 Å². The summed E-state index contributed by atoms with van der Waals surface area (Å²) in [7, 11) is 0. The number of rotatable bonds is 5. The highest BCUT2D eigenvalue weighted by Gasteiger charge is 2.10. The quantitative estimate of drug-likeness (QED) is 0.747. The van der Waals surface area contributed by atoms with Gasteiger partial charge in [0.05, 0.1) is 0 Å². The predicted octanol–water partition coefficient (Wildman–Crippen LogP) is 3.60. The van der Waals surface area contributed by atoms with Crippen LogP contribution in [0.2, 0.25) is 0 Å². The van der Waals surface area contributed by atoms with Crippen molar-refractivity contribution >= 4 is 17.4 Å². The molecule has 0 bridgehead atoms. The number of carbonyl (C=O) groups is 1. The Balaban J connectivity index is 1.73. The van der Waals surface area contributed by atoms with Gasteiger partial charge >= 0.3 is 0 Å². The number of anilines is 2. The second kappa shape index (κ2) is 7.53. The molecule has 0 saturated carbocycles. The lowest BCUT2D eigenvalue weighted by Crippen LogP contribution is -2.24. The monoisotopic (exact) mass is 336 g/mol. The average molecular weight is 336 g/mol. The minimum Gasteiger partial charge on any atom is -0.347 e. The predicted molar refractivity (Wildman–Crippen MR) is 94.1 cm³/mol. The molecule has 126 valence electrons. The maximum atomic E-state index is 13.3. The van der Waals surface area contributed by atoms with Crippen LogP contribution in [0.1, 0.15) is 21.9 Å². The zero-order valence-electron chi connectivity index (χ0n) is 13.7. The Labute approximate surface area is 145 Å². The molecule has 2 N–H and O–H groups in total. The number of amides is 1. The van der Waals surface area contributed by atoms with E-state index in [1.807, 2.05) is 30.3 Å². The van der Waals surface area contributed by atoms with Gasteiger partial charge in [0, 0.05) is 18.3 Å². The summed E-state index contributed by atoms with van der Waals surface area (Å²) in [5.74, 6) is 0.238. The summed E-state index contributed by atoms with van der Waals surface area (Å²) in [4.78, 5) is 20.7. The molecule has 6 heteroatoms. The van der Waals surface area contributed by atoms with Crippen molar-refractivity contribution in [3.8, 4) is 0 Å². The van der Waals surface area contributed by atoms with Crippen molar-refractivity contribution in [3.05, 3.63) is 83.6 Å². The molecule has 3 aromatic rings. The van der Waals surface area contributed by atoms with Crippen molar-refractivity contribution in [2.75, 3.05) is 5.32 Å². The van der Waals surface area contributed by atoms with Crippen LogP contribution in [0.25, 0.3) is 0 Å². The first-order chi connectivity index (χ1) is 12.1. The Morgan fingerprint density at radius 1 is 1.04 bits per heavy atom. The van der Waals surface area contributed by atoms with Gasteiger partial charge < -0.3 is 10.6 Å². The van der Waals surface area contributed by atoms with Crippen molar-refractivity contribution in [3.63, 3.8) is 0 Å². The van der Waals surface area contributed by atoms with Crippen LogP contribution >= 0.6 is 0 Å². The molecule has 0 spiro atoms. The summed E-state index contributed by atoms with van der Waals surface area (Å²) in [5.41, 5.74) is 1.80. The molecule has 0 radical (unpaired) electrons. The highest BCUT2D eigenvalue weighted by atomic mass is 19.1. The molecule has 1 aromatic heterocycles. The minimum absolute atomic E-state index is 0.252. The molecule has 0 saturated heterocycles. The Morgan fingerprint density at radius 3 is 2.60 bits per heavy atom. The number of hydrogen-bond acceptors (Lipinski definition) is 4. The van der Waals surface area contributed by atoms with Crippen molar-refractivity contribution in [1.29, 1.82) is 0 Å². The first-order valence-electron chi connectivity index (χ1n) is 7.80. The first kappa shape index (κ1) is 16.6. The fourth-order valence-electron chi connectivity index (χ4n) is 2.33. The van der Waals surface area contributed by atoms with E-state index in [4.69, 9.17) is 0 Å². The molecule has 0 atom stereocenters. The van der Waals surface area contributed by atoms with Crippen molar-refractivity contribution in [2.45, 2.75) is 13.5 Å². The molecular formula is C19H17FN4O. The number of hydrogen-bond donors (Lipinski definition) is 2. The molecular weight excluding hydrogens is 319 g/mol. The molecule has 0 aliphatic heterocycles. The van der Waals surface area contributed by atoms with E-state index in [0.717, 1.165) is 5.56 Å². The number of carbonyl (C=O) groups excluding carboxylic acids is 1. The van der Waals surface area contributed by atoms with Gasteiger partial charge in [-0.15, -0.1) is 0 Å². The van der Waals surface area contributed by atoms with E-state index >= 15 is 0 Å². The fourth-order valence-corrected chi connectivity index (χ4v) is 2.33. The van der Waals surface area contributed by atoms with Gasteiger partial charge in [0.25, 0.3) is 5.91 Å². The summed E-state index contributed by atoms with van der Waals surface area (Å²) < 4.78 is 13.3.